The SMILES string of the molecule is CCC(NC)c1nc2cc(Cl)ccc2c(=O)n1CC. The number of hydrogen-bond acceptors (Lipinski definition) is 3. The van der Waals surface area contributed by atoms with Crippen LogP contribution in [0.4, 0.5) is 0 Å². The molecule has 1 atom stereocenters. The zero-order valence-corrected chi connectivity index (χ0v) is 12.2. The van der Waals surface area contributed by atoms with Crippen LogP contribution < -0.4 is 10.9 Å². The van der Waals surface area contributed by atoms with Gasteiger partial charge in [-0.3, -0.25) is 9.36 Å². The molecule has 0 radical (unpaired) electrons. The summed E-state index contributed by atoms with van der Waals surface area (Å²) in [6, 6.07) is 5.27. The van der Waals surface area contributed by atoms with E-state index in [0.717, 1.165) is 12.2 Å². The highest BCUT2D eigenvalue weighted by atomic mass is 35.5. The number of halogens is 1. The summed E-state index contributed by atoms with van der Waals surface area (Å²) in [6.07, 6.45) is 0.870. The Morgan fingerprint density at radius 3 is 2.74 bits per heavy atom. The number of fused-ring (bicyclic) bond motifs is 1. The summed E-state index contributed by atoms with van der Waals surface area (Å²) >= 11 is 5.98. The van der Waals surface area contributed by atoms with Gasteiger partial charge in [0, 0.05) is 11.6 Å². The molecule has 0 bridgehead atoms. The van der Waals surface area contributed by atoms with E-state index in [1.54, 1.807) is 22.8 Å². The van der Waals surface area contributed by atoms with Crippen LogP contribution in [0.2, 0.25) is 5.02 Å². The van der Waals surface area contributed by atoms with Crippen molar-refractivity contribution in [1.29, 1.82) is 0 Å². The zero-order chi connectivity index (χ0) is 14.0. The Kier molecular flexibility index (Phi) is 4.22. The minimum Gasteiger partial charge on any atom is -0.310 e. The Hall–Kier alpha value is -1.39. The lowest BCUT2D eigenvalue weighted by molar-refractivity contribution is 0.499. The average Bonchev–Trinajstić information content (AvgIpc) is 2.40. The highest BCUT2D eigenvalue weighted by molar-refractivity contribution is 6.31. The van der Waals surface area contributed by atoms with Crippen molar-refractivity contribution >= 4 is 22.5 Å². The Morgan fingerprint density at radius 2 is 2.16 bits per heavy atom. The van der Waals surface area contributed by atoms with Crippen molar-refractivity contribution in [3.05, 3.63) is 39.4 Å². The summed E-state index contributed by atoms with van der Waals surface area (Å²) in [5, 5.41) is 4.40. The van der Waals surface area contributed by atoms with E-state index in [1.807, 2.05) is 14.0 Å². The van der Waals surface area contributed by atoms with Crippen molar-refractivity contribution in [2.75, 3.05) is 7.05 Å². The normalized spacial score (nSPS) is 12.8. The number of nitrogens with one attached hydrogen (secondary N) is 1. The molecule has 1 unspecified atom stereocenters. The van der Waals surface area contributed by atoms with E-state index in [2.05, 4.69) is 17.2 Å². The summed E-state index contributed by atoms with van der Waals surface area (Å²) in [4.78, 5) is 17.1. The van der Waals surface area contributed by atoms with Crippen LogP contribution in [0.25, 0.3) is 10.9 Å². The van der Waals surface area contributed by atoms with Crippen LogP contribution in [0.1, 0.15) is 32.1 Å². The molecule has 19 heavy (non-hydrogen) atoms. The maximum Gasteiger partial charge on any atom is 0.261 e. The number of rotatable bonds is 4. The van der Waals surface area contributed by atoms with Crippen molar-refractivity contribution in [2.45, 2.75) is 32.9 Å². The van der Waals surface area contributed by atoms with E-state index in [0.29, 0.717) is 22.5 Å². The zero-order valence-electron chi connectivity index (χ0n) is 11.4. The summed E-state index contributed by atoms with van der Waals surface area (Å²) in [5.74, 6) is 0.771. The van der Waals surface area contributed by atoms with E-state index in [4.69, 9.17) is 11.6 Å². The fourth-order valence-corrected chi connectivity index (χ4v) is 2.47. The van der Waals surface area contributed by atoms with E-state index >= 15 is 0 Å². The van der Waals surface area contributed by atoms with Crippen LogP contribution in [0.15, 0.2) is 23.0 Å². The molecule has 5 heteroatoms. The third-order valence-electron chi connectivity index (χ3n) is 3.33. The lowest BCUT2D eigenvalue weighted by atomic mass is 10.1. The molecule has 0 aliphatic heterocycles. The third-order valence-corrected chi connectivity index (χ3v) is 3.57. The lowest BCUT2D eigenvalue weighted by Crippen LogP contribution is -2.30. The average molecular weight is 280 g/mol. The molecule has 1 aromatic carbocycles. The van der Waals surface area contributed by atoms with Crippen molar-refractivity contribution in [3.63, 3.8) is 0 Å². The molecule has 1 N–H and O–H groups in total. The lowest BCUT2D eigenvalue weighted by Gasteiger charge is -2.19. The predicted octanol–water partition coefficient (Wildman–Crippen LogP) is 2.74. The molecule has 0 saturated heterocycles. The van der Waals surface area contributed by atoms with Crippen LogP contribution in [0.3, 0.4) is 0 Å². The number of nitrogens with zero attached hydrogens (tertiary/aromatic N) is 2. The fraction of sp³-hybridized carbons (Fsp3) is 0.429. The minimum absolute atomic E-state index is 0.00660. The Bertz CT molecular complexity index is 647. The summed E-state index contributed by atoms with van der Waals surface area (Å²) < 4.78 is 1.72. The largest absolute Gasteiger partial charge is 0.310 e. The van der Waals surface area contributed by atoms with Crippen LogP contribution in [0.5, 0.6) is 0 Å². The maximum absolute atomic E-state index is 12.5. The first-order valence-corrected chi connectivity index (χ1v) is 6.87. The van der Waals surface area contributed by atoms with Crippen molar-refractivity contribution in [2.24, 2.45) is 0 Å². The molecule has 0 saturated carbocycles. The van der Waals surface area contributed by atoms with Gasteiger partial charge in [-0.15, -0.1) is 0 Å². The molecule has 1 aromatic heterocycles. The molecule has 0 amide bonds. The first kappa shape index (κ1) is 14.0. The Balaban J connectivity index is 2.79. The third kappa shape index (κ3) is 2.51. The second-order valence-corrected chi connectivity index (χ2v) is 4.87. The van der Waals surface area contributed by atoms with Gasteiger partial charge in [0.1, 0.15) is 5.82 Å². The molecule has 2 aromatic rings. The van der Waals surface area contributed by atoms with Gasteiger partial charge in [0.15, 0.2) is 0 Å². The topological polar surface area (TPSA) is 46.9 Å². The highest BCUT2D eigenvalue weighted by Crippen LogP contribution is 2.19. The Morgan fingerprint density at radius 1 is 1.42 bits per heavy atom. The fourth-order valence-electron chi connectivity index (χ4n) is 2.30. The van der Waals surface area contributed by atoms with Crippen LogP contribution in [-0.2, 0) is 6.54 Å². The molecule has 0 aliphatic carbocycles. The van der Waals surface area contributed by atoms with Crippen molar-refractivity contribution < 1.29 is 0 Å². The van der Waals surface area contributed by atoms with Gasteiger partial charge in [-0.2, -0.15) is 0 Å². The number of hydrogen-bond donors (Lipinski definition) is 1. The van der Waals surface area contributed by atoms with Gasteiger partial charge in [0.25, 0.3) is 5.56 Å². The van der Waals surface area contributed by atoms with Crippen LogP contribution >= 0.6 is 11.6 Å². The van der Waals surface area contributed by atoms with Gasteiger partial charge in [0.2, 0.25) is 0 Å². The monoisotopic (exact) mass is 279 g/mol. The first-order chi connectivity index (χ1) is 9.12. The van der Waals surface area contributed by atoms with Crippen LogP contribution in [-0.4, -0.2) is 16.6 Å². The van der Waals surface area contributed by atoms with Gasteiger partial charge >= 0.3 is 0 Å². The van der Waals surface area contributed by atoms with Gasteiger partial charge < -0.3 is 5.32 Å². The van der Waals surface area contributed by atoms with Crippen molar-refractivity contribution in [3.8, 4) is 0 Å². The molecule has 0 aliphatic rings. The molecular formula is C14H18ClN3O. The Labute approximate surface area is 117 Å². The van der Waals surface area contributed by atoms with Gasteiger partial charge in [-0.1, -0.05) is 18.5 Å². The standard InChI is InChI=1S/C14H18ClN3O/c1-4-11(16-3)13-17-12-8-9(15)6-7-10(12)14(19)18(13)5-2/h6-8,11,16H,4-5H2,1-3H3. The summed E-state index contributed by atoms with van der Waals surface area (Å²) in [6.45, 7) is 4.63. The molecule has 0 spiro atoms. The quantitative estimate of drug-likeness (QED) is 0.936. The van der Waals surface area contributed by atoms with Gasteiger partial charge in [-0.25, -0.2) is 4.98 Å². The van der Waals surface area contributed by atoms with Crippen LogP contribution in [0, 0.1) is 0 Å². The van der Waals surface area contributed by atoms with Gasteiger partial charge in [-0.05, 0) is 38.6 Å². The summed E-state index contributed by atoms with van der Waals surface area (Å²) in [7, 11) is 1.88. The smallest absolute Gasteiger partial charge is 0.261 e. The second kappa shape index (κ2) is 5.72. The number of benzene rings is 1. The maximum atomic E-state index is 12.5. The molecule has 0 fully saturated rings. The predicted molar refractivity (Wildman–Crippen MR) is 78.8 cm³/mol. The van der Waals surface area contributed by atoms with Crippen molar-refractivity contribution in [1.82, 2.24) is 14.9 Å². The minimum atomic E-state index is -0.00660. The molecule has 2 rings (SSSR count). The molecular weight excluding hydrogens is 262 g/mol. The molecule has 4 nitrogen and oxygen atoms in total. The summed E-state index contributed by atoms with van der Waals surface area (Å²) in [5.41, 5.74) is 0.652. The second-order valence-electron chi connectivity index (χ2n) is 4.43. The number of aromatic nitrogens is 2. The van der Waals surface area contributed by atoms with E-state index < -0.39 is 0 Å². The highest BCUT2D eigenvalue weighted by Gasteiger charge is 2.16. The molecule has 1 heterocycles. The van der Waals surface area contributed by atoms with E-state index in [-0.39, 0.29) is 11.6 Å². The van der Waals surface area contributed by atoms with Gasteiger partial charge in [0.05, 0.1) is 16.9 Å². The first-order valence-electron chi connectivity index (χ1n) is 6.49. The molecule has 102 valence electrons. The van der Waals surface area contributed by atoms with E-state index in [9.17, 15) is 4.79 Å². The van der Waals surface area contributed by atoms with E-state index in [1.165, 1.54) is 0 Å².